The van der Waals surface area contributed by atoms with Gasteiger partial charge in [-0.15, -0.1) is 0 Å². The van der Waals surface area contributed by atoms with Crippen LogP contribution in [0.15, 0.2) is 97.1 Å². The Morgan fingerprint density at radius 1 is 0.810 bits per heavy atom. The molecule has 0 radical (unpaired) electrons. The molecule has 2 heterocycles. The molecule has 5 aromatic rings. The summed E-state index contributed by atoms with van der Waals surface area (Å²) in [5.41, 5.74) is 6.17. The maximum atomic E-state index is 14.5. The molecule has 0 bridgehead atoms. The highest BCUT2D eigenvalue weighted by Crippen LogP contribution is 2.35. The van der Waals surface area contributed by atoms with Gasteiger partial charge in [0.2, 0.25) is 6.79 Å². The second-order valence-electron chi connectivity index (χ2n) is 10.5. The highest BCUT2D eigenvalue weighted by Gasteiger charge is 2.23. The summed E-state index contributed by atoms with van der Waals surface area (Å²) < 4.78 is 28.1. The minimum absolute atomic E-state index is 0.123. The van der Waals surface area contributed by atoms with Crippen LogP contribution < -0.4 is 9.47 Å². The van der Waals surface area contributed by atoms with Crippen molar-refractivity contribution < 1.29 is 13.9 Å². The van der Waals surface area contributed by atoms with Crippen molar-refractivity contribution in [2.45, 2.75) is 45.9 Å². The summed E-state index contributed by atoms with van der Waals surface area (Å²) in [5.74, 6) is 2.04. The molecule has 5 nitrogen and oxygen atoms in total. The monoisotopic (exact) mass is 581 g/mol. The Bertz CT molecular complexity index is 1660. The molecular weight excluding hydrogens is 549 g/mol. The SMILES string of the molecule is CCCCn1c(-c2ccccc2)nc(-c2ccccc2)c1CN(Cc1ccc(Cl)c(F)c1)Cc1ccc2c(c1)OCO2. The third kappa shape index (κ3) is 6.20. The van der Waals surface area contributed by atoms with Gasteiger partial charge in [-0.1, -0.05) is 97.7 Å². The molecule has 4 aromatic carbocycles. The van der Waals surface area contributed by atoms with Gasteiger partial charge in [-0.25, -0.2) is 9.37 Å². The van der Waals surface area contributed by atoms with Crippen LogP contribution in [0.5, 0.6) is 11.5 Å². The quantitative estimate of drug-likeness (QED) is 0.156. The summed E-state index contributed by atoms with van der Waals surface area (Å²) in [4.78, 5) is 7.59. The van der Waals surface area contributed by atoms with E-state index in [4.69, 9.17) is 26.1 Å². The number of fused-ring (bicyclic) bond motifs is 1. The van der Waals surface area contributed by atoms with Crippen LogP contribution in [0.3, 0.4) is 0 Å². The lowest BCUT2D eigenvalue weighted by molar-refractivity contribution is 0.174. The van der Waals surface area contributed by atoms with E-state index < -0.39 is 5.82 Å². The third-order valence-corrected chi connectivity index (χ3v) is 7.80. The van der Waals surface area contributed by atoms with Crippen LogP contribution >= 0.6 is 11.6 Å². The summed E-state index contributed by atoms with van der Waals surface area (Å²) >= 11 is 6.02. The van der Waals surface area contributed by atoms with Gasteiger partial charge in [0.05, 0.1) is 16.4 Å². The van der Waals surface area contributed by atoms with E-state index in [2.05, 4.69) is 58.9 Å². The Labute approximate surface area is 251 Å². The number of imidazole rings is 1. The van der Waals surface area contributed by atoms with Gasteiger partial charge < -0.3 is 14.0 Å². The fourth-order valence-electron chi connectivity index (χ4n) is 5.41. The number of rotatable bonds is 11. The van der Waals surface area contributed by atoms with Gasteiger partial charge in [0.25, 0.3) is 0 Å². The van der Waals surface area contributed by atoms with Gasteiger partial charge in [0.1, 0.15) is 11.6 Å². The first-order valence-corrected chi connectivity index (χ1v) is 14.7. The molecule has 1 aliphatic heterocycles. The number of aromatic nitrogens is 2. The number of nitrogens with zero attached hydrogens (tertiary/aromatic N) is 3. The van der Waals surface area contributed by atoms with E-state index in [9.17, 15) is 4.39 Å². The molecule has 42 heavy (non-hydrogen) atoms. The smallest absolute Gasteiger partial charge is 0.231 e. The molecule has 0 aliphatic carbocycles. The molecule has 0 spiro atoms. The Morgan fingerprint density at radius 3 is 2.19 bits per heavy atom. The number of hydrogen-bond acceptors (Lipinski definition) is 4. The zero-order valence-electron chi connectivity index (χ0n) is 23.6. The second kappa shape index (κ2) is 12.8. The summed E-state index contributed by atoms with van der Waals surface area (Å²) in [6, 6.07) is 31.8. The zero-order valence-corrected chi connectivity index (χ0v) is 24.4. The molecule has 0 N–H and O–H groups in total. The van der Waals surface area contributed by atoms with Gasteiger partial charge in [-0.3, -0.25) is 4.90 Å². The molecule has 0 amide bonds. The molecule has 0 saturated heterocycles. The molecule has 0 saturated carbocycles. The topological polar surface area (TPSA) is 39.5 Å². The van der Waals surface area contributed by atoms with E-state index in [0.29, 0.717) is 19.6 Å². The first-order chi connectivity index (χ1) is 20.6. The average Bonchev–Trinajstić information content (AvgIpc) is 3.63. The minimum Gasteiger partial charge on any atom is -0.454 e. The zero-order chi connectivity index (χ0) is 28.9. The number of halogens is 2. The minimum atomic E-state index is -0.415. The van der Waals surface area contributed by atoms with Crippen molar-refractivity contribution in [3.8, 4) is 34.1 Å². The average molecular weight is 582 g/mol. The van der Waals surface area contributed by atoms with Gasteiger partial charge in [0, 0.05) is 37.3 Å². The van der Waals surface area contributed by atoms with Gasteiger partial charge in [-0.05, 0) is 41.8 Å². The van der Waals surface area contributed by atoms with E-state index in [1.807, 2.05) is 42.5 Å². The molecule has 214 valence electrons. The van der Waals surface area contributed by atoms with E-state index in [1.54, 1.807) is 6.07 Å². The van der Waals surface area contributed by atoms with E-state index in [0.717, 1.165) is 70.4 Å². The molecule has 0 fully saturated rings. The molecule has 7 heteroatoms. The van der Waals surface area contributed by atoms with Crippen LogP contribution in [0.1, 0.15) is 36.6 Å². The molecule has 1 aliphatic rings. The Kier molecular flexibility index (Phi) is 8.54. The molecule has 1 aromatic heterocycles. The fourth-order valence-corrected chi connectivity index (χ4v) is 5.53. The van der Waals surface area contributed by atoms with Crippen LogP contribution in [0.2, 0.25) is 5.02 Å². The Balaban J connectivity index is 1.44. The lowest BCUT2D eigenvalue weighted by Crippen LogP contribution is -2.24. The van der Waals surface area contributed by atoms with Crippen LogP contribution in [-0.4, -0.2) is 21.2 Å². The van der Waals surface area contributed by atoms with Crippen LogP contribution in [0.25, 0.3) is 22.6 Å². The first kappa shape index (κ1) is 28.0. The summed E-state index contributed by atoms with van der Waals surface area (Å²) in [5, 5.41) is 0.123. The normalized spacial score (nSPS) is 12.3. The number of hydrogen-bond donors (Lipinski definition) is 0. The molecule has 6 rings (SSSR count). The van der Waals surface area contributed by atoms with Gasteiger partial charge >= 0.3 is 0 Å². The molecule has 0 unspecified atom stereocenters. The van der Waals surface area contributed by atoms with Crippen molar-refractivity contribution >= 4 is 11.6 Å². The maximum absolute atomic E-state index is 14.5. The number of benzene rings is 4. The largest absolute Gasteiger partial charge is 0.454 e. The van der Waals surface area contributed by atoms with Crippen molar-refractivity contribution in [3.05, 3.63) is 125 Å². The van der Waals surface area contributed by atoms with E-state index in [1.165, 1.54) is 6.07 Å². The lowest BCUT2D eigenvalue weighted by atomic mass is 10.1. The highest BCUT2D eigenvalue weighted by molar-refractivity contribution is 6.30. The molecule has 0 atom stereocenters. The van der Waals surface area contributed by atoms with Crippen molar-refractivity contribution in [1.29, 1.82) is 0 Å². The number of ether oxygens (including phenoxy) is 2. The summed E-state index contributed by atoms with van der Waals surface area (Å²) in [7, 11) is 0. The van der Waals surface area contributed by atoms with Crippen molar-refractivity contribution in [3.63, 3.8) is 0 Å². The third-order valence-electron chi connectivity index (χ3n) is 7.49. The van der Waals surface area contributed by atoms with Crippen LogP contribution in [0, 0.1) is 5.82 Å². The van der Waals surface area contributed by atoms with Gasteiger partial charge in [0.15, 0.2) is 11.5 Å². The fraction of sp³-hybridized carbons (Fsp3) is 0.229. The van der Waals surface area contributed by atoms with Crippen molar-refractivity contribution in [2.24, 2.45) is 0 Å². The van der Waals surface area contributed by atoms with Crippen LogP contribution in [0.4, 0.5) is 4.39 Å². The van der Waals surface area contributed by atoms with Crippen LogP contribution in [-0.2, 0) is 26.2 Å². The highest BCUT2D eigenvalue weighted by atomic mass is 35.5. The maximum Gasteiger partial charge on any atom is 0.231 e. The Morgan fingerprint density at radius 2 is 1.48 bits per heavy atom. The predicted octanol–water partition coefficient (Wildman–Crippen LogP) is 8.74. The lowest BCUT2D eigenvalue weighted by Gasteiger charge is -2.25. The Hall–Kier alpha value is -4.13. The number of unbranched alkanes of at least 4 members (excludes halogenated alkanes) is 1. The summed E-state index contributed by atoms with van der Waals surface area (Å²) in [6.07, 6.45) is 2.10. The first-order valence-electron chi connectivity index (χ1n) is 14.3. The van der Waals surface area contributed by atoms with E-state index >= 15 is 0 Å². The summed E-state index contributed by atoms with van der Waals surface area (Å²) in [6.45, 7) is 5.03. The van der Waals surface area contributed by atoms with Crippen molar-refractivity contribution in [2.75, 3.05) is 6.79 Å². The second-order valence-corrected chi connectivity index (χ2v) is 11.0. The van der Waals surface area contributed by atoms with E-state index in [-0.39, 0.29) is 11.8 Å². The molecular formula is C35H33ClFN3O2. The standard InChI is InChI=1S/C35H33ClFN3O2/c1-2-3-18-40-31(34(27-10-6-4-7-11-27)38-35(40)28-12-8-5-9-13-28)23-39(21-25-14-16-29(36)30(37)19-25)22-26-15-17-32-33(20-26)42-24-41-32/h4-17,19-20H,2-3,18,21-24H2,1H3. The van der Waals surface area contributed by atoms with Gasteiger partial charge in [-0.2, -0.15) is 0 Å². The van der Waals surface area contributed by atoms with Crippen molar-refractivity contribution in [1.82, 2.24) is 14.5 Å². The predicted molar refractivity (Wildman–Crippen MR) is 165 cm³/mol.